The minimum absolute atomic E-state index is 0.336. The van der Waals surface area contributed by atoms with Crippen LogP contribution in [0.4, 0.5) is 0 Å². The highest BCUT2D eigenvalue weighted by molar-refractivity contribution is 5.43. The van der Waals surface area contributed by atoms with Gasteiger partial charge >= 0.3 is 0 Å². The van der Waals surface area contributed by atoms with Gasteiger partial charge < -0.3 is 10.1 Å². The lowest BCUT2D eigenvalue weighted by molar-refractivity contribution is 0.312. The van der Waals surface area contributed by atoms with Crippen LogP contribution in [0.1, 0.15) is 48.5 Å². The highest BCUT2D eigenvalue weighted by Crippen LogP contribution is 2.35. The van der Waals surface area contributed by atoms with Gasteiger partial charge in [-0.25, -0.2) is 0 Å². The van der Waals surface area contributed by atoms with E-state index in [4.69, 9.17) is 4.74 Å². The monoisotopic (exact) mass is 281 g/mol. The summed E-state index contributed by atoms with van der Waals surface area (Å²) in [5.74, 6) is 1.08. The first-order valence-electron chi connectivity index (χ1n) is 7.79. The van der Waals surface area contributed by atoms with Gasteiger partial charge in [0.1, 0.15) is 5.75 Å². The van der Waals surface area contributed by atoms with Crippen LogP contribution < -0.4 is 10.1 Å². The molecule has 1 aliphatic rings. The van der Waals surface area contributed by atoms with Crippen LogP contribution in [0.5, 0.6) is 5.75 Å². The lowest BCUT2D eigenvalue weighted by Gasteiger charge is -2.24. The van der Waals surface area contributed by atoms with Crippen LogP contribution in [0.2, 0.25) is 0 Å². The lowest BCUT2D eigenvalue weighted by Crippen LogP contribution is -2.24. The van der Waals surface area contributed by atoms with Crippen LogP contribution in [0.3, 0.4) is 0 Å². The Hall–Kier alpha value is -1.80. The minimum Gasteiger partial charge on any atom is -0.493 e. The second kappa shape index (κ2) is 6.31. The molecule has 3 rings (SSSR count). The fourth-order valence-electron chi connectivity index (χ4n) is 3.08. The van der Waals surface area contributed by atoms with E-state index in [9.17, 15) is 0 Å². The molecule has 0 bridgehead atoms. The number of ether oxygens (including phenoxy) is 1. The number of fused-ring (bicyclic) bond motifs is 1. The van der Waals surface area contributed by atoms with Crippen LogP contribution in [0, 0.1) is 6.92 Å². The summed E-state index contributed by atoms with van der Waals surface area (Å²) in [5.41, 5.74) is 3.86. The van der Waals surface area contributed by atoms with E-state index in [-0.39, 0.29) is 0 Å². The predicted octanol–water partition coefficient (Wildman–Crippen LogP) is 4.56. The molecule has 2 heteroatoms. The molecule has 0 spiro atoms. The van der Waals surface area contributed by atoms with Gasteiger partial charge in [-0.05, 0) is 37.8 Å². The molecule has 1 N–H and O–H groups in total. The molecule has 0 saturated carbocycles. The number of para-hydroxylation sites is 1. The van der Waals surface area contributed by atoms with E-state index in [1.165, 1.54) is 16.7 Å². The number of hydrogen-bond acceptors (Lipinski definition) is 2. The first kappa shape index (κ1) is 14.2. The minimum atomic E-state index is 0.336. The molecule has 1 aliphatic heterocycles. The van der Waals surface area contributed by atoms with E-state index in [0.29, 0.717) is 12.1 Å². The fraction of sp³-hybridized carbons (Fsp3) is 0.368. The first-order valence-corrected chi connectivity index (χ1v) is 7.79. The summed E-state index contributed by atoms with van der Waals surface area (Å²) in [7, 11) is 0. The van der Waals surface area contributed by atoms with E-state index in [2.05, 4.69) is 67.7 Å². The van der Waals surface area contributed by atoms with E-state index in [0.717, 1.165) is 25.2 Å². The van der Waals surface area contributed by atoms with Crippen molar-refractivity contribution in [3.05, 3.63) is 65.2 Å². The zero-order chi connectivity index (χ0) is 14.7. The van der Waals surface area contributed by atoms with Gasteiger partial charge in [-0.2, -0.15) is 0 Å². The van der Waals surface area contributed by atoms with Crippen molar-refractivity contribution in [3.8, 4) is 5.75 Å². The zero-order valence-corrected chi connectivity index (χ0v) is 12.8. The van der Waals surface area contributed by atoms with Crippen molar-refractivity contribution in [1.82, 2.24) is 5.32 Å². The van der Waals surface area contributed by atoms with Crippen molar-refractivity contribution in [2.75, 3.05) is 6.61 Å². The van der Waals surface area contributed by atoms with Crippen molar-refractivity contribution in [2.45, 2.75) is 38.8 Å². The third kappa shape index (κ3) is 3.11. The molecule has 21 heavy (non-hydrogen) atoms. The molecule has 0 radical (unpaired) electrons. The molecule has 0 aromatic heterocycles. The Bertz CT molecular complexity index is 594. The average Bonchev–Trinajstić information content (AvgIpc) is 2.72. The van der Waals surface area contributed by atoms with Gasteiger partial charge in [0.15, 0.2) is 0 Å². The van der Waals surface area contributed by atoms with Gasteiger partial charge in [0.25, 0.3) is 0 Å². The standard InChI is InChI=1S/C19H23NO/c1-14-8-6-11-17-18(12-7-13-21-19(14)17)20-15(2)16-9-4-3-5-10-16/h3-6,8-11,15,18,20H,7,12-13H2,1-2H3/t15-,18?/m0/s1. The van der Waals surface area contributed by atoms with Crippen molar-refractivity contribution >= 4 is 0 Å². The Kier molecular flexibility index (Phi) is 4.26. The third-order valence-electron chi connectivity index (χ3n) is 4.25. The molecule has 110 valence electrons. The van der Waals surface area contributed by atoms with Crippen molar-refractivity contribution < 1.29 is 4.74 Å². The summed E-state index contributed by atoms with van der Waals surface area (Å²) >= 11 is 0. The number of benzene rings is 2. The number of aryl methyl sites for hydroxylation is 1. The maximum absolute atomic E-state index is 5.96. The molecule has 1 unspecified atom stereocenters. The second-order valence-corrected chi connectivity index (χ2v) is 5.84. The van der Waals surface area contributed by atoms with Crippen molar-refractivity contribution in [1.29, 1.82) is 0 Å². The van der Waals surface area contributed by atoms with Crippen LogP contribution in [0.25, 0.3) is 0 Å². The van der Waals surface area contributed by atoms with Gasteiger partial charge in [-0.15, -0.1) is 0 Å². The average molecular weight is 281 g/mol. The molecule has 2 aromatic rings. The Morgan fingerprint density at radius 3 is 2.71 bits per heavy atom. The fourth-order valence-corrected chi connectivity index (χ4v) is 3.08. The zero-order valence-electron chi connectivity index (χ0n) is 12.8. The Morgan fingerprint density at radius 1 is 1.10 bits per heavy atom. The summed E-state index contributed by atoms with van der Waals surface area (Å²) < 4.78 is 5.96. The van der Waals surface area contributed by atoms with Gasteiger partial charge in [-0.3, -0.25) is 0 Å². The van der Waals surface area contributed by atoms with E-state index in [1.807, 2.05) is 0 Å². The maximum Gasteiger partial charge on any atom is 0.126 e. The third-order valence-corrected chi connectivity index (χ3v) is 4.25. The van der Waals surface area contributed by atoms with Crippen LogP contribution >= 0.6 is 0 Å². The number of nitrogens with one attached hydrogen (secondary N) is 1. The first-order chi connectivity index (χ1) is 10.3. The van der Waals surface area contributed by atoms with E-state index >= 15 is 0 Å². The van der Waals surface area contributed by atoms with Crippen LogP contribution in [0.15, 0.2) is 48.5 Å². The maximum atomic E-state index is 5.96. The topological polar surface area (TPSA) is 21.3 Å². The highest BCUT2D eigenvalue weighted by Gasteiger charge is 2.22. The van der Waals surface area contributed by atoms with Crippen molar-refractivity contribution in [2.24, 2.45) is 0 Å². The van der Waals surface area contributed by atoms with Crippen LogP contribution in [-0.2, 0) is 0 Å². The largest absolute Gasteiger partial charge is 0.493 e. The summed E-state index contributed by atoms with van der Waals surface area (Å²) in [6.45, 7) is 5.17. The summed E-state index contributed by atoms with van der Waals surface area (Å²) in [6.07, 6.45) is 2.21. The van der Waals surface area contributed by atoms with Gasteiger partial charge in [-0.1, -0.05) is 48.5 Å². The Morgan fingerprint density at radius 2 is 1.90 bits per heavy atom. The predicted molar refractivity (Wildman–Crippen MR) is 86.6 cm³/mol. The summed E-state index contributed by atoms with van der Waals surface area (Å²) in [6, 6.07) is 17.8. The Balaban J connectivity index is 1.84. The molecule has 0 aliphatic carbocycles. The van der Waals surface area contributed by atoms with Gasteiger partial charge in [0, 0.05) is 17.6 Å². The normalized spacial score (nSPS) is 19.2. The van der Waals surface area contributed by atoms with Crippen molar-refractivity contribution in [3.63, 3.8) is 0 Å². The number of rotatable bonds is 3. The molecular weight excluding hydrogens is 258 g/mol. The SMILES string of the molecule is Cc1cccc2c1OCCCC2N[C@@H](C)c1ccccc1. The molecule has 1 heterocycles. The smallest absolute Gasteiger partial charge is 0.126 e. The second-order valence-electron chi connectivity index (χ2n) is 5.84. The quantitative estimate of drug-likeness (QED) is 0.890. The van der Waals surface area contributed by atoms with E-state index < -0.39 is 0 Å². The van der Waals surface area contributed by atoms with Crippen LogP contribution in [-0.4, -0.2) is 6.61 Å². The highest BCUT2D eigenvalue weighted by atomic mass is 16.5. The molecule has 2 aromatic carbocycles. The van der Waals surface area contributed by atoms with E-state index in [1.54, 1.807) is 0 Å². The molecule has 0 fully saturated rings. The molecule has 2 nitrogen and oxygen atoms in total. The molecule has 0 amide bonds. The molecule has 2 atom stereocenters. The molecule has 0 saturated heterocycles. The summed E-state index contributed by atoms with van der Waals surface area (Å²) in [5, 5.41) is 3.78. The Labute approximate surface area is 127 Å². The number of hydrogen-bond donors (Lipinski definition) is 1. The lowest BCUT2D eigenvalue weighted by atomic mass is 9.98. The molecular formula is C19H23NO. The summed E-state index contributed by atoms with van der Waals surface area (Å²) in [4.78, 5) is 0. The van der Waals surface area contributed by atoms with Gasteiger partial charge in [0.05, 0.1) is 6.61 Å². The van der Waals surface area contributed by atoms with Gasteiger partial charge in [0.2, 0.25) is 0 Å².